The molecule has 0 aliphatic heterocycles. The van der Waals surface area contributed by atoms with Crippen LogP contribution in [0.4, 0.5) is 5.69 Å². The summed E-state index contributed by atoms with van der Waals surface area (Å²) < 4.78 is 5.27. The maximum Gasteiger partial charge on any atom is 0.273 e. The smallest absolute Gasteiger partial charge is 0.273 e. The van der Waals surface area contributed by atoms with Crippen molar-refractivity contribution in [3.05, 3.63) is 53.0 Å². The van der Waals surface area contributed by atoms with Gasteiger partial charge < -0.3 is 9.73 Å². The summed E-state index contributed by atoms with van der Waals surface area (Å²) in [4.78, 5) is 35.5. The zero-order valence-corrected chi connectivity index (χ0v) is 15.7. The summed E-state index contributed by atoms with van der Waals surface area (Å²) in [5.41, 5.74) is 6.83. The molecular weight excluding hydrogens is 354 g/mol. The van der Waals surface area contributed by atoms with Gasteiger partial charge in [0.1, 0.15) is 11.5 Å². The SMILES string of the molecule is Cc1ccc(NC(=O)CSCC(=O)NNC(=O)c2cc(C)oc2C)cc1. The van der Waals surface area contributed by atoms with Crippen molar-refractivity contribution in [1.82, 2.24) is 10.9 Å². The van der Waals surface area contributed by atoms with Crippen LogP contribution < -0.4 is 16.2 Å². The molecule has 7 nitrogen and oxygen atoms in total. The molecule has 1 aromatic carbocycles. The zero-order valence-electron chi connectivity index (χ0n) is 14.8. The molecule has 0 saturated carbocycles. The van der Waals surface area contributed by atoms with Gasteiger partial charge in [-0.2, -0.15) is 0 Å². The number of furan rings is 1. The Kier molecular flexibility index (Phi) is 6.85. The molecule has 138 valence electrons. The number of benzene rings is 1. The first-order valence-electron chi connectivity index (χ1n) is 7.95. The van der Waals surface area contributed by atoms with Crippen molar-refractivity contribution in [3.8, 4) is 0 Å². The quantitative estimate of drug-likeness (QED) is 0.673. The molecule has 0 aliphatic carbocycles. The molecular formula is C18H21N3O4S. The number of aryl methyl sites for hydroxylation is 3. The maximum atomic E-state index is 11.9. The van der Waals surface area contributed by atoms with Crippen LogP contribution in [0.3, 0.4) is 0 Å². The van der Waals surface area contributed by atoms with Crippen molar-refractivity contribution < 1.29 is 18.8 Å². The molecule has 2 rings (SSSR count). The minimum Gasteiger partial charge on any atom is -0.466 e. The lowest BCUT2D eigenvalue weighted by atomic mass is 10.2. The summed E-state index contributed by atoms with van der Waals surface area (Å²) in [6, 6.07) is 9.05. The van der Waals surface area contributed by atoms with E-state index in [-0.39, 0.29) is 17.4 Å². The Morgan fingerprint density at radius 1 is 0.962 bits per heavy atom. The molecule has 3 N–H and O–H groups in total. The Morgan fingerprint density at radius 3 is 2.23 bits per heavy atom. The summed E-state index contributed by atoms with van der Waals surface area (Å²) in [6.45, 7) is 5.38. The van der Waals surface area contributed by atoms with E-state index in [0.717, 1.165) is 17.3 Å². The summed E-state index contributed by atoms with van der Waals surface area (Å²) in [5.74, 6) is 0.241. The summed E-state index contributed by atoms with van der Waals surface area (Å²) in [7, 11) is 0. The van der Waals surface area contributed by atoms with Crippen LogP contribution in [-0.4, -0.2) is 29.2 Å². The monoisotopic (exact) mass is 375 g/mol. The van der Waals surface area contributed by atoms with Crippen LogP contribution in [0, 0.1) is 20.8 Å². The van der Waals surface area contributed by atoms with Gasteiger partial charge in [-0.15, -0.1) is 11.8 Å². The van der Waals surface area contributed by atoms with Gasteiger partial charge in [0.15, 0.2) is 0 Å². The molecule has 2 aromatic rings. The summed E-state index contributed by atoms with van der Waals surface area (Å²) in [5, 5.41) is 2.75. The number of amides is 3. The predicted molar refractivity (Wildman–Crippen MR) is 101 cm³/mol. The molecule has 1 heterocycles. The molecule has 0 radical (unpaired) electrons. The van der Waals surface area contributed by atoms with E-state index in [9.17, 15) is 14.4 Å². The Hall–Kier alpha value is -2.74. The van der Waals surface area contributed by atoms with Crippen LogP contribution in [0.5, 0.6) is 0 Å². The number of nitrogens with one attached hydrogen (secondary N) is 3. The van der Waals surface area contributed by atoms with E-state index in [0.29, 0.717) is 22.8 Å². The second kappa shape index (κ2) is 9.10. The van der Waals surface area contributed by atoms with E-state index < -0.39 is 11.8 Å². The molecule has 26 heavy (non-hydrogen) atoms. The van der Waals surface area contributed by atoms with E-state index in [2.05, 4.69) is 16.2 Å². The number of rotatable bonds is 6. The fourth-order valence-corrected chi connectivity index (χ4v) is 2.77. The first-order valence-corrected chi connectivity index (χ1v) is 9.11. The lowest BCUT2D eigenvalue weighted by Gasteiger charge is -2.07. The van der Waals surface area contributed by atoms with Crippen molar-refractivity contribution in [2.45, 2.75) is 20.8 Å². The Labute approximate surface area is 155 Å². The molecule has 0 bridgehead atoms. The van der Waals surface area contributed by atoms with Crippen molar-refractivity contribution in [2.75, 3.05) is 16.8 Å². The fourth-order valence-electron chi connectivity index (χ4n) is 2.16. The standard InChI is InChI=1S/C18H21N3O4S/c1-11-4-6-14(7-5-11)19-16(22)9-26-10-17(23)20-21-18(24)15-8-12(2)25-13(15)3/h4-8H,9-10H2,1-3H3,(H,19,22)(H,20,23)(H,21,24). The number of hydrogen-bond donors (Lipinski definition) is 3. The molecule has 1 aromatic heterocycles. The average molecular weight is 375 g/mol. The van der Waals surface area contributed by atoms with Crippen molar-refractivity contribution in [2.24, 2.45) is 0 Å². The van der Waals surface area contributed by atoms with Gasteiger partial charge in [0, 0.05) is 5.69 Å². The van der Waals surface area contributed by atoms with E-state index in [1.54, 1.807) is 19.9 Å². The lowest BCUT2D eigenvalue weighted by Crippen LogP contribution is -2.42. The Morgan fingerprint density at radius 2 is 1.62 bits per heavy atom. The number of carbonyl (C=O) groups excluding carboxylic acids is 3. The van der Waals surface area contributed by atoms with Gasteiger partial charge >= 0.3 is 0 Å². The lowest BCUT2D eigenvalue weighted by molar-refractivity contribution is -0.119. The van der Waals surface area contributed by atoms with Crippen LogP contribution in [0.2, 0.25) is 0 Å². The van der Waals surface area contributed by atoms with E-state index in [4.69, 9.17) is 4.42 Å². The van der Waals surface area contributed by atoms with Crippen molar-refractivity contribution in [1.29, 1.82) is 0 Å². The summed E-state index contributed by atoms with van der Waals surface area (Å²) in [6.07, 6.45) is 0. The van der Waals surface area contributed by atoms with Gasteiger partial charge in [-0.25, -0.2) is 0 Å². The first-order chi connectivity index (χ1) is 12.3. The van der Waals surface area contributed by atoms with Gasteiger partial charge in [0.05, 0.1) is 17.1 Å². The van der Waals surface area contributed by atoms with E-state index in [1.807, 2.05) is 31.2 Å². The normalized spacial score (nSPS) is 10.3. The number of thioether (sulfide) groups is 1. The highest BCUT2D eigenvalue weighted by atomic mass is 32.2. The Bertz CT molecular complexity index is 799. The van der Waals surface area contributed by atoms with Gasteiger partial charge in [-0.3, -0.25) is 25.2 Å². The zero-order chi connectivity index (χ0) is 19.1. The fraction of sp³-hybridized carbons (Fsp3) is 0.278. The average Bonchev–Trinajstić information content (AvgIpc) is 2.93. The third-order valence-corrected chi connectivity index (χ3v) is 4.34. The molecule has 0 fully saturated rings. The second-order valence-electron chi connectivity index (χ2n) is 5.74. The highest BCUT2D eigenvalue weighted by Crippen LogP contribution is 2.13. The first kappa shape index (κ1) is 19.6. The van der Waals surface area contributed by atoms with E-state index in [1.165, 1.54) is 0 Å². The number of carbonyl (C=O) groups is 3. The van der Waals surface area contributed by atoms with Crippen LogP contribution in [-0.2, 0) is 9.59 Å². The predicted octanol–water partition coefficient (Wildman–Crippen LogP) is 2.34. The van der Waals surface area contributed by atoms with Crippen LogP contribution in [0.25, 0.3) is 0 Å². The highest BCUT2D eigenvalue weighted by molar-refractivity contribution is 8.00. The summed E-state index contributed by atoms with van der Waals surface area (Å²) >= 11 is 1.15. The Balaban J connectivity index is 1.67. The largest absolute Gasteiger partial charge is 0.466 e. The topological polar surface area (TPSA) is 100 Å². The van der Waals surface area contributed by atoms with Crippen LogP contribution in [0.15, 0.2) is 34.7 Å². The van der Waals surface area contributed by atoms with Crippen molar-refractivity contribution in [3.63, 3.8) is 0 Å². The number of hydrazine groups is 1. The molecule has 0 aliphatic rings. The maximum absolute atomic E-state index is 11.9. The van der Waals surface area contributed by atoms with E-state index >= 15 is 0 Å². The molecule has 0 unspecified atom stereocenters. The number of hydrogen-bond acceptors (Lipinski definition) is 5. The molecule has 0 atom stereocenters. The number of anilines is 1. The van der Waals surface area contributed by atoms with Gasteiger partial charge in [0.2, 0.25) is 11.8 Å². The van der Waals surface area contributed by atoms with Crippen LogP contribution in [0.1, 0.15) is 27.4 Å². The van der Waals surface area contributed by atoms with Gasteiger partial charge in [-0.1, -0.05) is 17.7 Å². The van der Waals surface area contributed by atoms with Crippen LogP contribution >= 0.6 is 11.8 Å². The van der Waals surface area contributed by atoms with Gasteiger partial charge in [-0.05, 0) is 39.0 Å². The third kappa shape index (κ3) is 5.96. The minimum atomic E-state index is -0.449. The third-order valence-electron chi connectivity index (χ3n) is 3.40. The molecule has 0 saturated heterocycles. The van der Waals surface area contributed by atoms with Gasteiger partial charge in [0.25, 0.3) is 5.91 Å². The van der Waals surface area contributed by atoms with Crippen molar-refractivity contribution >= 4 is 35.2 Å². The second-order valence-corrected chi connectivity index (χ2v) is 6.72. The highest BCUT2D eigenvalue weighted by Gasteiger charge is 2.14. The molecule has 3 amide bonds. The molecule has 8 heteroatoms. The minimum absolute atomic E-state index is 0.0466. The molecule has 0 spiro atoms.